The lowest BCUT2D eigenvalue weighted by Gasteiger charge is -2.33. The number of hydrogen-bond donors (Lipinski definition) is 1. The second kappa shape index (κ2) is 3.67. The van der Waals surface area contributed by atoms with Crippen molar-refractivity contribution in [1.29, 1.82) is 0 Å². The highest BCUT2D eigenvalue weighted by molar-refractivity contribution is 7.74. The predicted molar refractivity (Wildman–Crippen MR) is 31.2 cm³/mol. The van der Waals surface area contributed by atoms with Crippen molar-refractivity contribution >= 4 is 10.7 Å². The number of alkyl halides is 9. The summed E-state index contributed by atoms with van der Waals surface area (Å²) in [6, 6.07) is 0. The van der Waals surface area contributed by atoms with Crippen molar-refractivity contribution in [1.82, 2.24) is 0 Å². The molecular weight excluding hydrogens is 283 g/mol. The minimum absolute atomic E-state index is 5.89. The molecule has 0 aliphatic heterocycles. The molecule has 0 amide bonds. The van der Waals surface area contributed by atoms with Crippen molar-refractivity contribution in [3.8, 4) is 0 Å². The van der Waals surface area contributed by atoms with Crippen molar-refractivity contribution in [2.75, 3.05) is 0 Å². The highest BCUT2D eigenvalue weighted by atomic mass is 32.2. The third-order valence-corrected chi connectivity index (χ3v) is 2.81. The van der Waals surface area contributed by atoms with Crippen LogP contribution in [0.2, 0.25) is 0 Å². The zero-order valence-corrected chi connectivity index (χ0v) is 7.56. The lowest BCUT2D eigenvalue weighted by Crippen LogP contribution is -2.66. The maximum atomic E-state index is 11.8. The first-order valence-corrected chi connectivity index (χ1v) is 4.22. The SMILES string of the molecule is O=[SH](=O)C(C(F)(F)F)(C(F)(F)F)C(F)(F)F. The topological polar surface area (TPSA) is 34.1 Å². The number of thiol groups is 1. The van der Waals surface area contributed by atoms with Gasteiger partial charge in [-0.3, -0.25) is 0 Å². The van der Waals surface area contributed by atoms with Gasteiger partial charge in [0.05, 0.1) is 0 Å². The predicted octanol–water partition coefficient (Wildman–Crippen LogP) is 2.02. The molecule has 0 heterocycles. The molecule has 0 saturated heterocycles. The molecule has 0 unspecified atom stereocenters. The fraction of sp³-hybridized carbons (Fsp3) is 1.00. The van der Waals surface area contributed by atoms with Crippen LogP contribution >= 0.6 is 0 Å². The van der Waals surface area contributed by atoms with Crippen molar-refractivity contribution in [2.24, 2.45) is 0 Å². The van der Waals surface area contributed by atoms with Gasteiger partial charge in [0.1, 0.15) is 0 Å². The molecule has 0 atom stereocenters. The van der Waals surface area contributed by atoms with Gasteiger partial charge in [-0.15, -0.1) is 0 Å². The molecule has 2 nitrogen and oxygen atoms in total. The fourth-order valence-electron chi connectivity index (χ4n) is 0.793. The van der Waals surface area contributed by atoms with E-state index < -0.39 is 34.0 Å². The van der Waals surface area contributed by atoms with E-state index in [9.17, 15) is 47.9 Å². The lowest BCUT2D eigenvalue weighted by atomic mass is 10.1. The Labute approximate surface area is 83.0 Å². The molecule has 0 aromatic heterocycles. The van der Waals surface area contributed by atoms with Gasteiger partial charge in [-0.1, -0.05) is 0 Å². The molecule has 0 aromatic carbocycles. The van der Waals surface area contributed by atoms with Crippen molar-refractivity contribution in [3.05, 3.63) is 0 Å². The molecule has 0 bridgehead atoms. The van der Waals surface area contributed by atoms with E-state index in [2.05, 4.69) is 0 Å². The molecule has 12 heteroatoms. The quantitative estimate of drug-likeness (QED) is 0.590. The Morgan fingerprint density at radius 2 is 0.750 bits per heavy atom. The van der Waals surface area contributed by atoms with E-state index >= 15 is 0 Å². The summed E-state index contributed by atoms with van der Waals surface area (Å²) in [5.74, 6) is 0. The smallest absolute Gasteiger partial charge is 0.230 e. The van der Waals surface area contributed by atoms with Crippen LogP contribution in [0.15, 0.2) is 0 Å². The standard InChI is InChI=1S/C4HF9O2S/c5-2(6,7)1(16(14)15,3(8,9)10)4(11,12)13/h16H. The Bertz CT molecular complexity index is 287. The number of rotatable bonds is 1. The summed E-state index contributed by atoms with van der Waals surface area (Å²) in [5.41, 5.74) is 0. The summed E-state index contributed by atoms with van der Waals surface area (Å²) in [4.78, 5) is 0. The van der Waals surface area contributed by atoms with Crippen LogP contribution in [0.3, 0.4) is 0 Å². The molecule has 0 N–H and O–H groups in total. The second-order valence-corrected chi connectivity index (χ2v) is 3.65. The molecule has 0 aliphatic rings. The zero-order chi connectivity index (χ0) is 13.6. The van der Waals surface area contributed by atoms with Crippen molar-refractivity contribution in [2.45, 2.75) is 23.3 Å². The third-order valence-electron chi connectivity index (χ3n) is 1.50. The first kappa shape index (κ1) is 15.3. The van der Waals surface area contributed by atoms with E-state index in [0.29, 0.717) is 0 Å². The van der Waals surface area contributed by atoms with Crippen LogP contribution in [0, 0.1) is 0 Å². The molecule has 0 radical (unpaired) electrons. The summed E-state index contributed by atoms with van der Waals surface area (Å²) in [6.07, 6.45) is -21.1. The zero-order valence-electron chi connectivity index (χ0n) is 6.67. The van der Waals surface area contributed by atoms with Gasteiger partial charge < -0.3 is 0 Å². The maximum Gasteiger partial charge on any atom is 0.426 e. The summed E-state index contributed by atoms with van der Waals surface area (Å²) in [5, 5.41) is 0. The second-order valence-electron chi connectivity index (χ2n) is 2.46. The van der Waals surface area contributed by atoms with Gasteiger partial charge in [-0.2, -0.15) is 39.5 Å². The van der Waals surface area contributed by atoms with Crippen LogP contribution in [0.5, 0.6) is 0 Å². The summed E-state index contributed by atoms with van der Waals surface area (Å²) in [7, 11) is -5.89. The van der Waals surface area contributed by atoms with Crippen LogP contribution in [0.1, 0.15) is 0 Å². The van der Waals surface area contributed by atoms with Crippen molar-refractivity contribution < 1.29 is 47.9 Å². The van der Waals surface area contributed by atoms with E-state index in [1.807, 2.05) is 0 Å². The van der Waals surface area contributed by atoms with E-state index in [4.69, 9.17) is 0 Å². The average molecular weight is 284 g/mol. The van der Waals surface area contributed by atoms with Gasteiger partial charge in [-0.25, -0.2) is 8.42 Å². The fourth-order valence-corrected chi connectivity index (χ4v) is 1.41. The minimum Gasteiger partial charge on any atom is -0.230 e. The van der Waals surface area contributed by atoms with E-state index in [-0.39, 0.29) is 0 Å². The highest BCUT2D eigenvalue weighted by Crippen LogP contribution is 2.54. The molecular formula is C4HF9O2S. The van der Waals surface area contributed by atoms with Gasteiger partial charge in [0.15, 0.2) is 10.7 Å². The van der Waals surface area contributed by atoms with E-state index in [1.54, 1.807) is 0 Å². The lowest BCUT2D eigenvalue weighted by molar-refractivity contribution is -0.346. The third kappa shape index (κ3) is 1.94. The van der Waals surface area contributed by atoms with E-state index in [0.717, 1.165) is 0 Å². The minimum atomic E-state index is -7.04. The van der Waals surface area contributed by atoms with Crippen LogP contribution in [-0.2, 0) is 10.7 Å². The number of halogens is 9. The molecule has 0 aromatic rings. The first-order valence-electron chi connectivity index (χ1n) is 3.04. The highest BCUT2D eigenvalue weighted by Gasteiger charge is 2.86. The largest absolute Gasteiger partial charge is 0.426 e. The Morgan fingerprint density at radius 3 is 0.750 bits per heavy atom. The average Bonchev–Trinajstić information content (AvgIpc) is 1.71. The maximum absolute atomic E-state index is 11.8. The van der Waals surface area contributed by atoms with Crippen LogP contribution in [0.25, 0.3) is 0 Å². The molecule has 0 aliphatic carbocycles. The van der Waals surface area contributed by atoms with Gasteiger partial charge in [0.2, 0.25) is 0 Å². The molecule has 0 spiro atoms. The van der Waals surface area contributed by atoms with Gasteiger partial charge in [0.25, 0.3) is 0 Å². The first-order chi connectivity index (χ1) is 6.69. The van der Waals surface area contributed by atoms with Crippen LogP contribution in [0.4, 0.5) is 39.5 Å². The molecule has 0 fully saturated rings. The molecule has 98 valence electrons. The van der Waals surface area contributed by atoms with Gasteiger partial charge in [-0.05, 0) is 0 Å². The van der Waals surface area contributed by atoms with Gasteiger partial charge >= 0.3 is 23.3 Å². The summed E-state index contributed by atoms with van der Waals surface area (Å²) in [6.45, 7) is 0. The van der Waals surface area contributed by atoms with Crippen molar-refractivity contribution in [3.63, 3.8) is 0 Å². The van der Waals surface area contributed by atoms with E-state index in [1.165, 1.54) is 0 Å². The summed E-state index contributed by atoms with van der Waals surface area (Å²) < 4.78 is 119. The normalized spacial score (nSPS) is 15.6. The molecule has 0 saturated carbocycles. The Kier molecular flexibility index (Phi) is 3.51. The van der Waals surface area contributed by atoms with Crippen LogP contribution in [-0.4, -0.2) is 31.7 Å². The molecule has 0 rings (SSSR count). The Balaban J connectivity index is 6.28. The van der Waals surface area contributed by atoms with Crippen LogP contribution < -0.4 is 0 Å². The van der Waals surface area contributed by atoms with Gasteiger partial charge in [0, 0.05) is 0 Å². The monoisotopic (exact) mass is 284 g/mol. The number of hydrogen-bond acceptors (Lipinski definition) is 2. The summed E-state index contributed by atoms with van der Waals surface area (Å²) >= 11 is 0. The molecule has 16 heavy (non-hydrogen) atoms. The Morgan fingerprint density at radius 1 is 0.562 bits per heavy atom. The Hall–Kier alpha value is -0.680.